The van der Waals surface area contributed by atoms with Crippen LogP contribution in [0.5, 0.6) is 0 Å². The molecular formula is C88H105Br2N12NaO11Pd+2. The summed E-state index contributed by atoms with van der Waals surface area (Å²) in [5.74, 6) is 2.53. The van der Waals surface area contributed by atoms with E-state index in [4.69, 9.17) is 5.73 Å². The smallest absolute Gasteiger partial charge is 0.870 e. The minimum absolute atomic E-state index is 0. The molecular weight excluding hydrogens is 1690 g/mol. The zero-order chi connectivity index (χ0) is 81.2. The molecule has 10 aromatic rings. The van der Waals surface area contributed by atoms with Gasteiger partial charge >= 0.3 is 29.6 Å². The second-order valence-corrected chi connectivity index (χ2v) is 33.8. The Bertz CT molecular complexity index is 4870. The molecule has 606 valence electrons. The van der Waals surface area contributed by atoms with E-state index in [1.54, 1.807) is 73.1 Å². The molecule has 0 amide bonds. The van der Waals surface area contributed by atoms with Gasteiger partial charge in [-0.3, -0.25) is 55.6 Å². The molecule has 23 nitrogen and oxygen atoms in total. The van der Waals surface area contributed by atoms with Crippen molar-refractivity contribution in [2.24, 2.45) is 33.0 Å². The maximum Gasteiger partial charge on any atom is 1.00 e. The number of fused-ring (bicyclic) bond motifs is 6. The van der Waals surface area contributed by atoms with Crippen LogP contribution in [0.15, 0.2) is 228 Å². The van der Waals surface area contributed by atoms with Crippen molar-refractivity contribution in [1.82, 2.24) is 14.8 Å². The molecule has 4 unspecified atom stereocenters. The van der Waals surface area contributed by atoms with Crippen LogP contribution in [-0.2, 0) is 75.1 Å². The number of pyridine rings is 4. The minimum atomic E-state index is -0.393. The monoisotopic (exact) mass is 1790 g/mol. The van der Waals surface area contributed by atoms with E-state index in [0.29, 0.717) is 23.2 Å². The number of non-ortho nitro benzene ring substituents is 5. The van der Waals surface area contributed by atoms with Gasteiger partial charge in [0.2, 0.25) is 0 Å². The Morgan fingerprint density at radius 1 is 0.452 bits per heavy atom. The number of hydrogen-bond donors (Lipinski definition) is 1. The number of aryl methyl sites for hydroxylation is 3. The average molecular weight is 1800 g/mol. The predicted octanol–water partition coefficient (Wildman–Crippen LogP) is 15.1. The first-order valence-electron chi connectivity index (χ1n) is 36.9. The number of nitrogens with zero attached hydrogens (tertiary/aromatic N) is 11. The van der Waals surface area contributed by atoms with E-state index < -0.39 is 4.92 Å². The van der Waals surface area contributed by atoms with Gasteiger partial charge in [0, 0.05) is 186 Å². The maximum atomic E-state index is 11.0. The summed E-state index contributed by atoms with van der Waals surface area (Å²) >= 11 is 6.91. The van der Waals surface area contributed by atoms with Gasteiger partial charge in [-0.05, 0) is 160 Å². The number of halogens is 2. The van der Waals surface area contributed by atoms with Crippen molar-refractivity contribution >= 4 is 66.0 Å². The molecule has 115 heavy (non-hydrogen) atoms. The number of likely N-dealkylation sites (N-methyl/N-ethyl adjacent to an activating group) is 2. The number of nitro benzene ring substituents is 5. The SMILES string of the molecule is CN1CCC2C(C1)c1cc(N)ccc1C2(C)C.CN1CCC2C(C1)c1cc([N+](=O)[O-])ccc1C2(C)C.C[n+]1ccc(C(C)(C)c2ccc([N+](=O)[O-])cc2)cc1.C[n+]1ccc(C(C)(C)c2ccc([N+](=O)[O-])cc2Br)cc1.C[n+]1ccc(C(C)(C)c2ccc([N+](=O)[O-])cc2Br)cc1.O=[N+]([O-])c1ccc(Cc2ccncc2)cc1.[CH3-].[Na+].[OH-].[Pd]. The summed E-state index contributed by atoms with van der Waals surface area (Å²) in [6.07, 6.45) is 18.7. The van der Waals surface area contributed by atoms with E-state index in [2.05, 4.69) is 185 Å². The third-order valence-electron chi connectivity index (χ3n) is 22.9. The summed E-state index contributed by atoms with van der Waals surface area (Å²) in [5, 5.41) is 53.7. The first kappa shape index (κ1) is 96.8. The van der Waals surface area contributed by atoms with Gasteiger partial charge in [0.15, 0.2) is 37.2 Å². The molecule has 27 heteroatoms. The van der Waals surface area contributed by atoms with Crippen molar-refractivity contribution in [3.63, 3.8) is 0 Å². The van der Waals surface area contributed by atoms with Crippen LogP contribution in [0.3, 0.4) is 0 Å². The molecule has 14 rings (SSSR count). The predicted molar refractivity (Wildman–Crippen MR) is 449 cm³/mol. The number of benzene rings is 6. The molecule has 2 aliphatic carbocycles. The van der Waals surface area contributed by atoms with Gasteiger partial charge in [0.05, 0.1) is 24.6 Å². The second-order valence-electron chi connectivity index (χ2n) is 32.1. The van der Waals surface area contributed by atoms with E-state index in [-0.39, 0.29) is 133 Å². The van der Waals surface area contributed by atoms with Gasteiger partial charge in [-0.15, -0.1) is 0 Å². The van der Waals surface area contributed by atoms with Crippen LogP contribution in [0.2, 0.25) is 0 Å². The Labute approximate surface area is 728 Å². The van der Waals surface area contributed by atoms with Crippen molar-refractivity contribution < 1.29 is 93.8 Å². The Kier molecular flexibility index (Phi) is 34.4. The van der Waals surface area contributed by atoms with Gasteiger partial charge in [-0.2, -0.15) is 0 Å². The number of hydrogen-bond acceptors (Lipinski definition) is 15. The van der Waals surface area contributed by atoms with Crippen LogP contribution < -0.4 is 49.0 Å². The topological polar surface area (TPSA) is 303 Å². The molecule has 0 radical (unpaired) electrons. The van der Waals surface area contributed by atoms with E-state index in [9.17, 15) is 50.6 Å². The summed E-state index contributed by atoms with van der Waals surface area (Å²) in [7, 11) is 10.3. The number of piperidine rings is 2. The fraction of sp³-hybridized carbons (Fsp3) is 0.352. The molecule has 4 aliphatic rings. The largest absolute Gasteiger partial charge is 1.00 e. The first-order valence-corrected chi connectivity index (χ1v) is 38.5. The van der Waals surface area contributed by atoms with Crippen molar-refractivity contribution in [2.45, 2.75) is 127 Å². The van der Waals surface area contributed by atoms with Crippen molar-refractivity contribution in [1.29, 1.82) is 0 Å². The van der Waals surface area contributed by atoms with Crippen molar-refractivity contribution in [2.75, 3.05) is 46.0 Å². The summed E-state index contributed by atoms with van der Waals surface area (Å²) in [5.41, 5.74) is 21.7. The minimum Gasteiger partial charge on any atom is -0.870 e. The molecule has 2 aliphatic heterocycles. The van der Waals surface area contributed by atoms with E-state index in [1.807, 2.05) is 114 Å². The van der Waals surface area contributed by atoms with E-state index >= 15 is 0 Å². The normalized spacial score (nSPS) is 16.6. The number of nitrogens with two attached hydrogens (primary N) is 1. The molecule has 4 aromatic heterocycles. The van der Waals surface area contributed by atoms with E-state index in [0.717, 1.165) is 79.0 Å². The van der Waals surface area contributed by atoms with Gasteiger partial charge in [-0.25, -0.2) is 13.7 Å². The van der Waals surface area contributed by atoms with Gasteiger partial charge in [-0.1, -0.05) is 150 Å². The molecule has 3 N–H and O–H groups in total. The molecule has 6 heterocycles. The van der Waals surface area contributed by atoms with Gasteiger partial charge in [0.25, 0.3) is 28.4 Å². The summed E-state index contributed by atoms with van der Waals surface area (Å²) in [6.45, 7) is 26.6. The Balaban J connectivity index is 0.000000245. The molecule has 0 saturated carbocycles. The second kappa shape index (κ2) is 40.9. The summed E-state index contributed by atoms with van der Waals surface area (Å²) in [6, 6.07) is 51.4. The first-order chi connectivity index (χ1) is 52.2. The number of nitro groups is 5. The van der Waals surface area contributed by atoms with Gasteiger partial charge < -0.3 is 28.4 Å². The van der Waals surface area contributed by atoms with Crippen molar-refractivity contribution in [3.05, 3.63) is 353 Å². The Hall–Kier alpha value is -8.78. The van der Waals surface area contributed by atoms with Crippen LogP contribution in [0, 0.1) is 69.8 Å². The zero-order valence-corrected chi connectivity index (χ0v) is 75.4. The van der Waals surface area contributed by atoms with Gasteiger partial charge in [0.1, 0.15) is 21.1 Å². The standard InChI is InChI=1S/2C15H16BrN2O2.C15H20N2O2.C15H17N2O2.C15H22N2.C12H10N2O2.CH3.Na.H2O.Pd/c2*1-15(2,11-6-8-17(3)9-7-11)13-5-4-12(18(19)20)10-14(13)16;1-15(2)13-5-4-10(17(18)19)8-11(13)12-9-16(3)7-6-14(12)15;1-15(2,13-8-10-16(3)11-9-13)12-4-6-14(7-5-12)17(18)19;1-15(2)13-5-4-10(16)8-11(13)12-9-17(3)7-6-14(12)15;15-14(16)12-3-1-10(2-4-12)9-11-5-7-13-8-6-11;;;;/h2*4-10H,1-3H3;4-5,8,12,14H,6-7,9H2,1-3H3;4-11H,1-3H3;4-5,8,12,14H,6-7,9,16H2,1-3H3;1-8H,9H2;1H3;;1H2;/q2*+1;;+1;;;-1;+1;;/p-1. The maximum absolute atomic E-state index is 11.0. The number of rotatable bonds is 13. The third kappa shape index (κ3) is 23.3. The molecule has 4 atom stereocenters. The number of nitrogen functional groups attached to an aromatic ring is 1. The molecule has 2 saturated heterocycles. The fourth-order valence-corrected chi connectivity index (χ4v) is 17.7. The molecule has 2 fully saturated rings. The Morgan fingerprint density at radius 2 is 0.757 bits per heavy atom. The quantitative estimate of drug-likeness (QED) is 0.0280. The molecule has 0 bridgehead atoms. The fourth-order valence-electron chi connectivity index (χ4n) is 16.0. The van der Waals surface area contributed by atoms with Crippen LogP contribution in [0.4, 0.5) is 34.1 Å². The Morgan fingerprint density at radius 3 is 1.12 bits per heavy atom. The van der Waals surface area contributed by atoms with Crippen LogP contribution in [-0.4, -0.2) is 85.2 Å². The van der Waals surface area contributed by atoms with Crippen molar-refractivity contribution in [3.8, 4) is 0 Å². The summed E-state index contributed by atoms with van der Waals surface area (Å²) in [4.78, 5) is 60.6. The summed E-state index contributed by atoms with van der Waals surface area (Å²) < 4.78 is 7.44. The van der Waals surface area contributed by atoms with Crippen LogP contribution in [0.25, 0.3) is 0 Å². The number of aromatic nitrogens is 4. The zero-order valence-electron chi connectivity index (χ0n) is 68.6. The molecule has 0 spiro atoms. The van der Waals surface area contributed by atoms with Crippen LogP contribution >= 0.6 is 31.9 Å². The van der Waals surface area contributed by atoms with Crippen LogP contribution in [0.1, 0.15) is 161 Å². The third-order valence-corrected chi connectivity index (χ3v) is 24.2. The average Bonchev–Trinajstić information content (AvgIpc) is 1.58. The number of likely N-dealkylation sites (tertiary alicyclic amines) is 2. The molecule has 6 aromatic carbocycles. The number of anilines is 1. The van der Waals surface area contributed by atoms with E-state index in [1.165, 1.54) is 65.9 Å².